The van der Waals surface area contributed by atoms with Gasteiger partial charge in [0.05, 0.1) is 18.5 Å². The smallest absolute Gasteiger partial charge is 0.323 e. The molecule has 4 aromatic rings. The van der Waals surface area contributed by atoms with Crippen LogP contribution in [-0.2, 0) is 13.1 Å². The highest BCUT2D eigenvalue weighted by atomic mass is 35.5. The van der Waals surface area contributed by atoms with Crippen LogP contribution < -0.4 is 31.1 Å². The Balaban J connectivity index is 1.27. The number of nitrogens with zero attached hydrogens (tertiary/aromatic N) is 2. The van der Waals surface area contributed by atoms with Gasteiger partial charge in [-0.25, -0.2) is 4.79 Å². The van der Waals surface area contributed by atoms with Gasteiger partial charge in [-0.2, -0.15) is 0 Å². The average molecular weight is 598 g/mol. The number of carbonyl (C=O) groups is 2. The Labute approximate surface area is 254 Å². The summed E-state index contributed by atoms with van der Waals surface area (Å²) in [5.41, 5.74) is 4.17. The van der Waals surface area contributed by atoms with Crippen LogP contribution >= 0.6 is 11.6 Å². The van der Waals surface area contributed by atoms with Crippen LogP contribution in [0.2, 0.25) is 5.02 Å². The first-order chi connectivity index (χ1) is 20.9. The number of methoxy groups -OCH3 is 1. The number of pyridine rings is 1. The van der Waals surface area contributed by atoms with Gasteiger partial charge in [0.2, 0.25) is 0 Å². The van der Waals surface area contributed by atoms with Crippen molar-refractivity contribution in [3.8, 4) is 5.75 Å². The average Bonchev–Trinajstić information content (AvgIpc) is 3.01. The van der Waals surface area contributed by atoms with Crippen molar-refractivity contribution < 1.29 is 14.3 Å². The topological polar surface area (TPSA) is 105 Å². The van der Waals surface area contributed by atoms with E-state index in [1.807, 2.05) is 41.0 Å². The third-order valence-electron chi connectivity index (χ3n) is 8.05. The molecule has 2 atom stereocenters. The van der Waals surface area contributed by atoms with E-state index in [1.54, 1.807) is 55.6 Å². The molecule has 220 valence electrons. The van der Waals surface area contributed by atoms with Gasteiger partial charge in [-0.15, -0.1) is 0 Å². The molecule has 3 amide bonds. The number of urea groups is 1. The molecule has 2 bridgehead atoms. The SMILES string of the molecule is COc1cccc(NC(=O)Nc2cc(C(=O)NCc3ccccc3Cl)ccc2N2C[C@H]3C[C@@H](C2)c2cccc(=O)n2C3)c1. The van der Waals surface area contributed by atoms with E-state index in [9.17, 15) is 14.4 Å². The largest absolute Gasteiger partial charge is 0.497 e. The molecule has 0 spiro atoms. The summed E-state index contributed by atoms with van der Waals surface area (Å²) in [4.78, 5) is 41.2. The number of anilines is 3. The van der Waals surface area contributed by atoms with Crippen LogP contribution in [0.15, 0.2) is 89.7 Å². The van der Waals surface area contributed by atoms with Crippen LogP contribution in [0, 0.1) is 5.92 Å². The second-order valence-electron chi connectivity index (χ2n) is 10.9. The maximum Gasteiger partial charge on any atom is 0.323 e. The van der Waals surface area contributed by atoms with Gasteiger partial charge in [-0.05, 0) is 60.4 Å². The number of carbonyl (C=O) groups excluding carboxylic acids is 2. The number of halogens is 1. The molecule has 43 heavy (non-hydrogen) atoms. The quantitative estimate of drug-likeness (QED) is 0.253. The van der Waals surface area contributed by atoms with Crippen molar-refractivity contribution in [2.45, 2.75) is 25.4 Å². The first kappa shape index (κ1) is 28.4. The molecule has 0 radical (unpaired) electrons. The second kappa shape index (κ2) is 12.2. The van der Waals surface area contributed by atoms with Gasteiger partial charge in [0.25, 0.3) is 11.5 Å². The number of ether oxygens (including phenoxy) is 1. The molecule has 2 aliphatic rings. The second-order valence-corrected chi connectivity index (χ2v) is 11.3. The third-order valence-corrected chi connectivity index (χ3v) is 8.42. The highest BCUT2D eigenvalue weighted by Crippen LogP contribution is 2.39. The molecule has 1 aromatic heterocycles. The lowest BCUT2D eigenvalue weighted by molar-refractivity contribution is 0.0951. The van der Waals surface area contributed by atoms with E-state index in [0.29, 0.717) is 40.8 Å². The van der Waals surface area contributed by atoms with Crippen molar-refractivity contribution in [2.75, 3.05) is 35.7 Å². The third kappa shape index (κ3) is 6.22. The predicted octanol–water partition coefficient (Wildman–Crippen LogP) is 5.71. The fourth-order valence-corrected chi connectivity index (χ4v) is 6.25. The molecule has 1 saturated heterocycles. The van der Waals surface area contributed by atoms with E-state index in [-0.39, 0.29) is 29.8 Å². The van der Waals surface area contributed by atoms with Gasteiger partial charge < -0.3 is 30.2 Å². The van der Waals surface area contributed by atoms with Crippen LogP contribution in [0.25, 0.3) is 0 Å². The Kier molecular flexibility index (Phi) is 8.07. The zero-order valence-corrected chi connectivity index (χ0v) is 24.4. The van der Waals surface area contributed by atoms with Crippen molar-refractivity contribution >= 4 is 40.6 Å². The molecular weight excluding hydrogens is 566 g/mol. The highest BCUT2D eigenvalue weighted by molar-refractivity contribution is 6.31. The first-order valence-electron chi connectivity index (χ1n) is 14.2. The molecule has 0 unspecified atom stereocenters. The van der Waals surface area contributed by atoms with E-state index in [4.69, 9.17) is 16.3 Å². The molecule has 2 aliphatic heterocycles. The lowest BCUT2D eigenvalue weighted by Gasteiger charge is -2.44. The van der Waals surface area contributed by atoms with Crippen LogP contribution in [0.4, 0.5) is 21.9 Å². The molecule has 0 saturated carbocycles. The number of fused-ring (bicyclic) bond motifs is 4. The molecule has 6 rings (SSSR count). The standard InChI is InChI=1S/C33H32ClN5O4/c1-43-26-8-4-7-25(16-26)36-33(42)37-28-15-22(32(41)35-17-23-6-2-3-9-27(23)34)12-13-30(28)38-18-21-14-24(20-38)29-10-5-11-31(40)39(29)19-21/h2-13,15-16,21,24H,14,17-20H2,1H3,(H,35,41)(H2,36,37,42)/t21-,24+/m1/s1. The van der Waals surface area contributed by atoms with Crippen LogP contribution in [0.5, 0.6) is 5.75 Å². The van der Waals surface area contributed by atoms with Crippen LogP contribution in [0.3, 0.4) is 0 Å². The highest BCUT2D eigenvalue weighted by Gasteiger charge is 2.35. The van der Waals surface area contributed by atoms with Gasteiger partial charge in [-0.1, -0.05) is 41.9 Å². The van der Waals surface area contributed by atoms with Crippen molar-refractivity contribution in [2.24, 2.45) is 5.92 Å². The van der Waals surface area contributed by atoms with Crippen molar-refractivity contribution in [1.82, 2.24) is 9.88 Å². The van der Waals surface area contributed by atoms with Crippen molar-refractivity contribution in [3.63, 3.8) is 0 Å². The van der Waals surface area contributed by atoms with Gasteiger partial charge in [-0.3, -0.25) is 9.59 Å². The number of rotatable bonds is 7. The minimum atomic E-state index is -0.447. The fourth-order valence-electron chi connectivity index (χ4n) is 6.05. The summed E-state index contributed by atoms with van der Waals surface area (Å²) >= 11 is 6.27. The van der Waals surface area contributed by atoms with Gasteiger partial charge >= 0.3 is 6.03 Å². The Bertz CT molecular complexity index is 1740. The number of amides is 3. The Hall–Kier alpha value is -4.76. The number of nitrogens with one attached hydrogen (secondary N) is 3. The molecule has 9 nitrogen and oxygen atoms in total. The van der Waals surface area contributed by atoms with Gasteiger partial charge in [0.1, 0.15) is 5.75 Å². The molecule has 3 aromatic carbocycles. The molecule has 3 heterocycles. The predicted molar refractivity (Wildman–Crippen MR) is 168 cm³/mol. The van der Waals surface area contributed by atoms with Crippen LogP contribution in [0.1, 0.15) is 34.0 Å². The number of piperidine rings is 1. The lowest BCUT2D eigenvalue weighted by Crippen LogP contribution is -2.47. The van der Waals surface area contributed by atoms with Crippen LogP contribution in [-0.4, -0.2) is 36.7 Å². The summed E-state index contributed by atoms with van der Waals surface area (Å²) < 4.78 is 7.17. The van der Waals surface area contributed by atoms with E-state index in [1.165, 1.54) is 0 Å². The fraction of sp³-hybridized carbons (Fsp3) is 0.242. The van der Waals surface area contributed by atoms with E-state index < -0.39 is 6.03 Å². The van der Waals surface area contributed by atoms with Crippen molar-refractivity contribution in [1.29, 1.82) is 0 Å². The Morgan fingerprint density at radius 1 is 0.930 bits per heavy atom. The first-order valence-corrected chi connectivity index (χ1v) is 14.6. The zero-order chi connectivity index (χ0) is 29.9. The summed E-state index contributed by atoms with van der Waals surface area (Å²) in [5.74, 6) is 0.795. The summed E-state index contributed by atoms with van der Waals surface area (Å²) in [6.45, 7) is 2.34. The van der Waals surface area contributed by atoms with Crippen molar-refractivity contribution in [3.05, 3.63) is 117 Å². The number of hydrogen-bond donors (Lipinski definition) is 3. The Morgan fingerprint density at radius 2 is 1.77 bits per heavy atom. The number of aromatic nitrogens is 1. The Morgan fingerprint density at radius 3 is 2.60 bits per heavy atom. The molecule has 1 fully saturated rings. The number of hydrogen-bond acceptors (Lipinski definition) is 5. The summed E-state index contributed by atoms with van der Waals surface area (Å²) in [6, 6.07) is 24.8. The van der Waals surface area contributed by atoms with E-state index in [2.05, 4.69) is 20.9 Å². The minimum Gasteiger partial charge on any atom is -0.497 e. The lowest BCUT2D eigenvalue weighted by atomic mass is 9.83. The zero-order valence-electron chi connectivity index (χ0n) is 23.7. The van der Waals surface area contributed by atoms with Gasteiger partial charge in [0.15, 0.2) is 0 Å². The molecule has 0 aliphatic carbocycles. The maximum atomic E-state index is 13.2. The molecule has 10 heteroatoms. The number of benzene rings is 3. The molecular formula is C33H32ClN5O4. The molecule has 3 N–H and O–H groups in total. The summed E-state index contributed by atoms with van der Waals surface area (Å²) in [5, 5.41) is 9.33. The normalized spacial score (nSPS) is 17.0. The maximum absolute atomic E-state index is 13.2. The monoisotopic (exact) mass is 597 g/mol. The summed E-state index contributed by atoms with van der Waals surface area (Å²) in [6.07, 6.45) is 1.00. The van der Waals surface area contributed by atoms with Gasteiger partial charge in [0, 0.05) is 66.2 Å². The summed E-state index contributed by atoms with van der Waals surface area (Å²) in [7, 11) is 1.57. The van der Waals surface area contributed by atoms with E-state index in [0.717, 1.165) is 29.9 Å². The van der Waals surface area contributed by atoms with E-state index >= 15 is 0 Å². The minimum absolute atomic E-state index is 0.0318.